The van der Waals surface area contributed by atoms with Gasteiger partial charge in [-0.2, -0.15) is 0 Å². The van der Waals surface area contributed by atoms with Gasteiger partial charge in [-0.05, 0) is 36.9 Å². The molecule has 0 bridgehead atoms. The number of aryl methyl sites for hydroxylation is 1. The Balaban J connectivity index is 1.94. The number of fused-ring (bicyclic) bond motifs is 1. The third kappa shape index (κ3) is 2.30. The van der Waals surface area contributed by atoms with Crippen LogP contribution in [-0.2, 0) is 13.5 Å². The van der Waals surface area contributed by atoms with Gasteiger partial charge >= 0.3 is 0 Å². The highest BCUT2D eigenvalue weighted by atomic mass is 15.1. The molecule has 0 aliphatic carbocycles. The molecule has 1 atom stereocenters. The van der Waals surface area contributed by atoms with Crippen LogP contribution in [0.4, 0.5) is 0 Å². The minimum atomic E-state index is 0.244. The van der Waals surface area contributed by atoms with E-state index in [-0.39, 0.29) is 6.04 Å². The van der Waals surface area contributed by atoms with Crippen LogP contribution >= 0.6 is 0 Å². The van der Waals surface area contributed by atoms with Crippen molar-refractivity contribution in [2.24, 2.45) is 7.05 Å². The number of likely N-dealkylation sites (N-methyl/N-ethyl adjacent to an activating group) is 1. The molecule has 0 amide bonds. The Hall–Kier alpha value is -2.20. The lowest BCUT2D eigenvalue weighted by molar-refractivity contribution is 0.565. The Morgan fingerprint density at radius 3 is 2.60 bits per heavy atom. The first-order chi connectivity index (χ1) is 9.79. The van der Waals surface area contributed by atoms with Gasteiger partial charge < -0.3 is 9.88 Å². The van der Waals surface area contributed by atoms with Gasteiger partial charge in [0.25, 0.3) is 0 Å². The molecule has 2 aromatic heterocycles. The number of pyridine rings is 1. The fourth-order valence-electron chi connectivity index (χ4n) is 2.54. The Bertz CT molecular complexity index is 703. The number of aromatic nitrogens is 3. The second-order valence-corrected chi connectivity index (χ2v) is 4.90. The predicted molar refractivity (Wildman–Crippen MR) is 80.5 cm³/mol. The molecule has 0 fully saturated rings. The van der Waals surface area contributed by atoms with Gasteiger partial charge in [0.05, 0.1) is 11.0 Å². The second-order valence-electron chi connectivity index (χ2n) is 4.90. The lowest BCUT2D eigenvalue weighted by Gasteiger charge is -2.16. The zero-order valence-electron chi connectivity index (χ0n) is 11.7. The molecule has 0 aliphatic heterocycles. The maximum Gasteiger partial charge on any atom is 0.111 e. The average Bonchev–Trinajstić information content (AvgIpc) is 2.82. The SMILES string of the molecule is CNC(Cc1nc2ccccc2n1C)c1ccncc1. The molecule has 0 spiro atoms. The van der Waals surface area contributed by atoms with E-state index < -0.39 is 0 Å². The van der Waals surface area contributed by atoms with Gasteiger partial charge in [-0.1, -0.05) is 12.1 Å². The van der Waals surface area contributed by atoms with Crippen molar-refractivity contribution in [3.8, 4) is 0 Å². The van der Waals surface area contributed by atoms with Crippen LogP contribution in [0.5, 0.6) is 0 Å². The normalized spacial score (nSPS) is 12.7. The van der Waals surface area contributed by atoms with Crippen LogP contribution < -0.4 is 5.32 Å². The Labute approximate surface area is 118 Å². The largest absolute Gasteiger partial charge is 0.331 e. The topological polar surface area (TPSA) is 42.7 Å². The van der Waals surface area contributed by atoms with Crippen molar-refractivity contribution in [1.82, 2.24) is 19.9 Å². The van der Waals surface area contributed by atoms with Crippen LogP contribution in [0.2, 0.25) is 0 Å². The standard InChI is InChI=1S/C16H18N4/c1-17-14(12-7-9-18-10-8-12)11-16-19-13-5-3-4-6-15(13)20(16)2/h3-10,14,17H,11H2,1-2H3. The Morgan fingerprint density at radius 1 is 1.15 bits per heavy atom. The summed E-state index contributed by atoms with van der Waals surface area (Å²) in [6, 6.07) is 12.6. The number of nitrogens with one attached hydrogen (secondary N) is 1. The zero-order valence-corrected chi connectivity index (χ0v) is 11.7. The van der Waals surface area contributed by atoms with E-state index >= 15 is 0 Å². The van der Waals surface area contributed by atoms with Gasteiger partial charge in [0, 0.05) is 31.9 Å². The van der Waals surface area contributed by atoms with E-state index in [1.54, 1.807) is 0 Å². The summed E-state index contributed by atoms with van der Waals surface area (Å²) < 4.78 is 2.17. The van der Waals surface area contributed by atoms with Crippen LogP contribution in [-0.4, -0.2) is 21.6 Å². The van der Waals surface area contributed by atoms with Gasteiger partial charge in [-0.3, -0.25) is 4.98 Å². The average molecular weight is 266 g/mol. The predicted octanol–water partition coefficient (Wildman–Crippen LogP) is 2.47. The molecule has 0 saturated carbocycles. The van der Waals surface area contributed by atoms with Gasteiger partial charge in [0.1, 0.15) is 5.82 Å². The molecular weight excluding hydrogens is 248 g/mol. The number of imidazole rings is 1. The van der Waals surface area contributed by atoms with Crippen LogP contribution in [0.3, 0.4) is 0 Å². The Kier molecular flexibility index (Phi) is 3.48. The summed E-state index contributed by atoms with van der Waals surface area (Å²) in [6.45, 7) is 0. The van der Waals surface area contributed by atoms with Gasteiger partial charge in [0.15, 0.2) is 0 Å². The molecule has 2 heterocycles. The van der Waals surface area contributed by atoms with E-state index in [2.05, 4.69) is 34.0 Å². The molecule has 4 nitrogen and oxygen atoms in total. The number of para-hydroxylation sites is 2. The molecule has 20 heavy (non-hydrogen) atoms. The lowest BCUT2D eigenvalue weighted by Crippen LogP contribution is -2.20. The van der Waals surface area contributed by atoms with Gasteiger partial charge in [-0.15, -0.1) is 0 Å². The highest BCUT2D eigenvalue weighted by molar-refractivity contribution is 5.75. The first-order valence-corrected chi connectivity index (χ1v) is 6.77. The van der Waals surface area contributed by atoms with E-state index in [9.17, 15) is 0 Å². The van der Waals surface area contributed by atoms with Crippen molar-refractivity contribution < 1.29 is 0 Å². The minimum absolute atomic E-state index is 0.244. The van der Waals surface area contributed by atoms with Gasteiger partial charge in [0.2, 0.25) is 0 Å². The second kappa shape index (κ2) is 5.43. The van der Waals surface area contributed by atoms with Crippen molar-refractivity contribution in [3.05, 3.63) is 60.2 Å². The molecule has 102 valence electrons. The number of hydrogen-bond acceptors (Lipinski definition) is 3. The number of rotatable bonds is 4. The minimum Gasteiger partial charge on any atom is -0.331 e. The van der Waals surface area contributed by atoms with Crippen LogP contribution in [0, 0.1) is 0 Å². The first kappa shape index (κ1) is 12.8. The smallest absolute Gasteiger partial charge is 0.111 e. The Morgan fingerprint density at radius 2 is 1.90 bits per heavy atom. The molecule has 1 unspecified atom stereocenters. The quantitative estimate of drug-likeness (QED) is 0.789. The van der Waals surface area contributed by atoms with Crippen LogP contribution in [0.1, 0.15) is 17.4 Å². The van der Waals surface area contributed by atoms with Crippen molar-refractivity contribution >= 4 is 11.0 Å². The van der Waals surface area contributed by atoms with Gasteiger partial charge in [-0.25, -0.2) is 4.98 Å². The lowest BCUT2D eigenvalue weighted by atomic mass is 10.1. The number of benzene rings is 1. The van der Waals surface area contributed by atoms with Crippen LogP contribution in [0.25, 0.3) is 11.0 Å². The van der Waals surface area contributed by atoms with Crippen molar-refractivity contribution in [2.45, 2.75) is 12.5 Å². The van der Waals surface area contributed by atoms with Crippen molar-refractivity contribution in [3.63, 3.8) is 0 Å². The fourth-order valence-corrected chi connectivity index (χ4v) is 2.54. The van der Waals surface area contributed by atoms with E-state index in [1.807, 2.05) is 43.7 Å². The summed E-state index contributed by atoms with van der Waals surface area (Å²) in [4.78, 5) is 8.81. The highest BCUT2D eigenvalue weighted by Crippen LogP contribution is 2.20. The third-order valence-electron chi connectivity index (χ3n) is 3.72. The molecule has 0 saturated heterocycles. The molecule has 0 aliphatic rings. The summed E-state index contributed by atoms with van der Waals surface area (Å²) >= 11 is 0. The summed E-state index contributed by atoms with van der Waals surface area (Å²) in [7, 11) is 4.05. The van der Waals surface area contributed by atoms with Crippen molar-refractivity contribution in [1.29, 1.82) is 0 Å². The maximum atomic E-state index is 4.73. The highest BCUT2D eigenvalue weighted by Gasteiger charge is 2.14. The third-order valence-corrected chi connectivity index (χ3v) is 3.72. The fraction of sp³-hybridized carbons (Fsp3) is 0.250. The monoisotopic (exact) mass is 266 g/mol. The zero-order chi connectivity index (χ0) is 13.9. The summed E-state index contributed by atoms with van der Waals surface area (Å²) in [5.41, 5.74) is 3.45. The molecule has 1 N–H and O–H groups in total. The molecule has 0 radical (unpaired) electrons. The summed E-state index contributed by atoms with van der Waals surface area (Å²) in [5, 5.41) is 3.36. The summed E-state index contributed by atoms with van der Waals surface area (Å²) in [6.07, 6.45) is 4.51. The number of hydrogen-bond donors (Lipinski definition) is 1. The number of nitrogens with zero attached hydrogens (tertiary/aromatic N) is 3. The molecule has 4 heteroatoms. The van der Waals surface area contributed by atoms with Crippen LogP contribution in [0.15, 0.2) is 48.8 Å². The van der Waals surface area contributed by atoms with E-state index in [4.69, 9.17) is 4.98 Å². The first-order valence-electron chi connectivity index (χ1n) is 6.77. The van der Waals surface area contributed by atoms with E-state index in [0.717, 1.165) is 17.8 Å². The molecule has 3 aromatic rings. The maximum absolute atomic E-state index is 4.73. The summed E-state index contributed by atoms with van der Waals surface area (Å²) in [5.74, 6) is 1.09. The van der Waals surface area contributed by atoms with E-state index in [1.165, 1.54) is 11.1 Å². The molecule has 3 rings (SSSR count). The molecule has 1 aromatic carbocycles. The van der Waals surface area contributed by atoms with Crippen molar-refractivity contribution in [2.75, 3.05) is 7.05 Å². The molecular formula is C16H18N4. The van der Waals surface area contributed by atoms with E-state index in [0.29, 0.717) is 0 Å².